The summed E-state index contributed by atoms with van der Waals surface area (Å²) in [6.45, 7) is 19.8. The number of nitrogens with zero attached hydrogens (tertiary/aromatic N) is 4. The number of thioether (sulfide) groups is 2. The predicted molar refractivity (Wildman–Crippen MR) is 186 cm³/mol. The largest absolute Gasteiger partial charge is 2.00 e. The van der Waals surface area contributed by atoms with Crippen LogP contribution in [-0.4, -0.2) is 169 Å². The molecule has 5 aliphatic heterocycles. The molecular formula is C31H52Cl2Mg2N4O6S2. The Morgan fingerprint density at radius 1 is 0.809 bits per heavy atom. The van der Waals surface area contributed by atoms with Gasteiger partial charge in [0.25, 0.3) is 0 Å². The minimum atomic E-state index is -0.747. The summed E-state index contributed by atoms with van der Waals surface area (Å²) < 4.78 is 4.94. The summed E-state index contributed by atoms with van der Waals surface area (Å²) in [6, 6.07) is 0.563. The number of amides is 4. The minimum absolute atomic E-state index is 0. The Bertz CT molecular complexity index is 961. The van der Waals surface area contributed by atoms with Crippen molar-refractivity contribution in [2.24, 2.45) is 0 Å². The number of likely N-dealkylation sites (N-methyl/N-ethyl adjacent to an activating group) is 4. The van der Waals surface area contributed by atoms with Crippen LogP contribution in [0.15, 0.2) is 11.0 Å². The molecular weight excluding hydrogens is 708 g/mol. The number of rotatable bonds is 9. The van der Waals surface area contributed by atoms with Crippen LogP contribution in [0.4, 0.5) is 9.59 Å². The molecule has 1 N–H and O–H groups in total. The number of aliphatic carboxylic acids is 1. The first-order chi connectivity index (χ1) is 20.7. The first kappa shape index (κ1) is 51.6. The van der Waals surface area contributed by atoms with Gasteiger partial charge in [-0.05, 0) is 53.4 Å². The number of hydrogen-bond donors (Lipinski definition) is 1. The summed E-state index contributed by atoms with van der Waals surface area (Å²) in [5.74, 6) is 0.967. The first-order valence-electron chi connectivity index (χ1n) is 15.7. The predicted octanol–water partition coefficient (Wildman–Crippen LogP) is -1.36. The van der Waals surface area contributed by atoms with Gasteiger partial charge in [0.2, 0.25) is 5.12 Å². The van der Waals surface area contributed by atoms with E-state index in [9.17, 15) is 19.2 Å². The van der Waals surface area contributed by atoms with E-state index in [1.807, 2.05) is 54.2 Å². The zero-order chi connectivity index (χ0) is 31.9. The van der Waals surface area contributed by atoms with E-state index < -0.39 is 5.97 Å². The van der Waals surface area contributed by atoms with Gasteiger partial charge in [-0.2, -0.15) is 0 Å². The van der Waals surface area contributed by atoms with Gasteiger partial charge in [-0.3, -0.25) is 9.59 Å². The molecule has 5 aliphatic rings. The van der Waals surface area contributed by atoms with Crippen molar-refractivity contribution in [3.63, 3.8) is 0 Å². The van der Waals surface area contributed by atoms with Gasteiger partial charge in [0.1, 0.15) is 6.04 Å². The van der Waals surface area contributed by atoms with Crippen LogP contribution in [0.2, 0.25) is 0 Å². The maximum absolute atomic E-state index is 12.3. The number of urea groups is 2. The standard InChI is InChI=1S/C14H22N2O3S.C9H14N2O2S.C4H8O.C4H8.2ClH.2Mg/c1-3-15-10-9-20-11(7-5-6-8-12(17)18)13(10)16(4-2)14(15)19;1-3-10-6-5-14-8(12)7(6)11(4-2)9(10)13;1-2-4-5-3-1;1-3-4-2;;;;/h7,10,13H,3-6,8-9H2,1-2H3,(H,17,18);6-7H,3-5H2,1-2H3;1-4H2;1-4H2;2*1H;;/q;;;-2;;;2*+2/p-2/b11-7+;;;;;;;. The Morgan fingerprint density at radius 2 is 1.26 bits per heavy atom. The van der Waals surface area contributed by atoms with Gasteiger partial charge in [-0.1, -0.05) is 17.8 Å². The molecule has 262 valence electrons. The summed E-state index contributed by atoms with van der Waals surface area (Å²) in [7, 11) is 0. The number of allylic oxidation sites excluding steroid dienone is 1. The molecule has 5 fully saturated rings. The van der Waals surface area contributed by atoms with Crippen LogP contribution in [0.25, 0.3) is 0 Å². The van der Waals surface area contributed by atoms with E-state index in [4.69, 9.17) is 9.84 Å². The van der Waals surface area contributed by atoms with Crippen molar-refractivity contribution in [1.29, 1.82) is 0 Å². The molecule has 10 nitrogen and oxygen atoms in total. The van der Waals surface area contributed by atoms with Crippen LogP contribution < -0.4 is 24.8 Å². The molecule has 16 heteroatoms. The van der Waals surface area contributed by atoms with E-state index >= 15 is 0 Å². The van der Waals surface area contributed by atoms with Crippen molar-refractivity contribution in [3.05, 3.63) is 24.8 Å². The van der Waals surface area contributed by atoms with E-state index in [1.165, 1.54) is 29.5 Å². The number of carbonyl (C=O) groups is 4. The van der Waals surface area contributed by atoms with Gasteiger partial charge in [0.05, 0.1) is 18.1 Å². The van der Waals surface area contributed by atoms with Crippen LogP contribution in [-0.2, 0) is 14.3 Å². The number of halogens is 2. The van der Waals surface area contributed by atoms with Gasteiger partial charge >= 0.3 is 64.1 Å². The van der Waals surface area contributed by atoms with E-state index in [2.05, 4.69) is 19.9 Å². The van der Waals surface area contributed by atoms with Crippen LogP contribution >= 0.6 is 23.5 Å². The number of hydrogen-bond acceptors (Lipinski definition) is 7. The van der Waals surface area contributed by atoms with Crippen molar-refractivity contribution in [1.82, 2.24) is 19.6 Å². The molecule has 0 aliphatic carbocycles. The Hall–Kier alpha value is 0.192. The monoisotopic (exact) mass is 758 g/mol. The molecule has 0 spiro atoms. The summed E-state index contributed by atoms with van der Waals surface area (Å²) >= 11 is 3.17. The van der Waals surface area contributed by atoms with Crippen molar-refractivity contribution in [2.75, 3.05) is 50.9 Å². The summed E-state index contributed by atoms with van der Waals surface area (Å²) in [6.07, 6.45) is 8.25. The van der Waals surface area contributed by atoms with Crippen molar-refractivity contribution in [3.8, 4) is 0 Å². The molecule has 5 saturated heterocycles. The second-order valence-electron chi connectivity index (χ2n) is 10.6. The van der Waals surface area contributed by atoms with Gasteiger partial charge in [0.15, 0.2) is 0 Å². The fourth-order valence-corrected chi connectivity index (χ4v) is 8.28. The molecule has 4 unspecified atom stereocenters. The van der Waals surface area contributed by atoms with E-state index in [0.717, 1.165) is 57.1 Å². The summed E-state index contributed by atoms with van der Waals surface area (Å²) in [5.41, 5.74) is 0. The maximum atomic E-state index is 12.3. The number of carboxylic acid groups (broad SMARTS) is 1. The molecule has 47 heavy (non-hydrogen) atoms. The summed E-state index contributed by atoms with van der Waals surface area (Å²) in [4.78, 5) is 54.8. The average Bonchev–Trinajstić information content (AvgIpc) is 3.83. The third-order valence-electron chi connectivity index (χ3n) is 7.91. The molecule has 0 aromatic heterocycles. The number of unbranched alkanes of at least 4 members (excludes halogenated alkanes) is 2. The number of carboxylic acids is 1. The van der Waals surface area contributed by atoms with E-state index in [-0.39, 0.29) is 119 Å². The molecule has 5 heterocycles. The van der Waals surface area contributed by atoms with Crippen molar-refractivity contribution in [2.45, 2.75) is 96.8 Å². The quantitative estimate of drug-likeness (QED) is 0.133. The van der Waals surface area contributed by atoms with Gasteiger partial charge in [-0.25, -0.2) is 22.4 Å². The molecule has 0 radical (unpaired) electrons. The normalized spacial score (nSPS) is 24.3. The fourth-order valence-electron chi connectivity index (χ4n) is 5.71. The smallest absolute Gasteiger partial charge is 1.00 e. The van der Waals surface area contributed by atoms with Crippen LogP contribution in [0.3, 0.4) is 0 Å². The average molecular weight is 760 g/mol. The molecule has 0 aromatic carbocycles. The van der Waals surface area contributed by atoms with Crippen LogP contribution in [0.5, 0.6) is 0 Å². The van der Waals surface area contributed by atoms with Gasteiger partial charge < -0.3 is 68.1 Å². The number of ether oxygens (including phenoxy) is 1. The number of fused-ring (bicyclic) bond motifs is 2. The Balaban J connectivity index is -0.000000625. The fraction of sp³-hybridized carbons (Fsp3) is 0.742. The second kappa shape index (κ2) is 27.9. The van der Waals surface area contributed by atoms with E-state index in [0.29, 0.717) is 19.5 Å². The van der Waals surface area contributed by atoms with Crippen molar-refractivity contribution >= 4 is 92.8 Å². The number of carbonyl (C=O) groups excluding carboxylic acids is 3. The molecule has 5 rings (SSSR count). The van der Waals surface area contributed by atoms with Gasteiger partial charge in [0, 0.05) is 62.2 Å². The maximum Gasteiger partial charge on any atom is 2.00 e. The molecule has 0 bridgehead atoms. The van der Waals surface area contributed by atoms with Crippen LogP contribution in [0.1, 0.15) is 72.6 Å². The minimum Gasteiger partial charge on any atom is -1.00 e. The Morgan fingerprint density at radius 3 is 1.66 bits per heavy atom. The third kappa shape index (κ3) is 14.4. The molecule has 4 atom stereocenters. The SMILES string of the molecule is C1CCOC1.CCN1C(=O)N(CC)C2/C(=C\CCCC(=O)O)SCC21.CCN1C(=O)N(CC)C2C(=O)SCC21.[CH2-]CC[CH2-].[Cl-].[Cl-].[Mg+2].[Mg+2]. The Labute approximate surface area is 336 Å². The van der Waals surface area contributed by atoms with Gasteiger partial charge in [-0.15, -0.1) is 11.8 Å². The summed E-state index contributed by atoms with van der Waals surface area (Å²) in [5, 5.41) is 8.81. The topological polar surface area (TPSA) is 111 Å². The molecule has 4 amide bonds. The zero-order valence-corrected chi connectivity index (χ0v) is 34.6. The molecule has 0 saturated carbocycles. The van der Waals surface area contributed by atoms with Crippen molar-refractivity contribution < 1.29 is 53.8 Å². The van der Waals surface area contributed by atoms with Crippen LogP contribution in [0, 0.1) is 13.8 Å². The molecule has 0 aromatic rings. The third-order valence-corrected chi connectivity index (χ3v) is 10.2. The first-order valence-corrected chi connectivity index (χ1v) is 17.7. The van der Waals surface area contributed by atoms with E-state index in [1.54, 1.807) is 4.90 Å². The second-order valence-corrected chi connectivity index (χ2v) is 12.7. The Kier molecular flexibility index (Phi) is 30.6. The zero-order valence-electron chi connectivity index (χ0n) is 28.7.